The Labute approximate surface area is 386 Å². The van der Waals surface area contributed by atoms with Gasteiger partial charge in [0, 0.05) is 22.0 Å². The number of carbonyl (C=O) groups is 4. The second kappa shape index (κ2) is 23.6. The fraction of sp³-hybridized carbons (Fsp3) is 0.660. The van der Waals surface area contributed by atoms with Gasteiger partial charge in [-0.15, -0.1) is 0 Å². The molecule has 0 heterocycles. The molecule has 1 unspecified atom stereocenters. The Balaban J connectivity index is 0.000000638. The van der Waals surface area contributed by atoms with Crippen LogP contribution >= 0.6 is 0 Å². The molecule has 0 amide bonds. The minimum absolute atomic E-state index is 0.0749. The van der Waals surface area contributed by atoms with E-state index >= 15 is 0 Å². The van der Waals surface area contributed by atoms with Gasteiger partial charge < -0.3 is 31.3 Å². The van der Waals surface area contributed by atoms with Crippen LogP contribution in [0.4, 0.5) is 0 Å². The molecule has 0 aliphatic rings. The maximum absolute atomic E-state index is 12.6. The van der Waals surface area contributed by atoms with Crippen LogP contribution in [0.3, 0.4) is 0 Å². The Hall–Kier alpha value is -2.72. The topological polar surface area (TPSA) is 133 Å². The molecular formula is C47H84O11Si5. The van der Waals surface area contributed by atoms with Crippen LogP contribution in [0.25, 0.3) is 0 Å². The van der Waals surface area contributed by atoms with Crippen molar-refractivity contribution in [3.05, 3.63) is 47.5 Å². The van der Waals surface area contributed by atoms with Crippen LogP contribution in [0.15, 0.2) is 36.4 Å². The first-order valence-electron chi connectivity index (χ1n) is 22.2. The molecule has 0 N–H and O–H groups in total. The molecule has 2 rings (SSSR count). The van der Waals surface area contributed by atoms with E-state index in [2.05, 4.69) is 85.5 Å². The first kappa shape index (κ1) is 58.3. The summed E-state index contributed by atoms with van der Waals surface area (Å²) in [6, 6.07) is 12.1. The molecule has 63 heavy (non-hydrogen) atoms. The van der Waals surface area contributed by atoms with Gasteiger partial charge in [0.25, 0.3) is 0 Å². The molecule has 11 nitrogen and oxygen atoms in total. The van der Waals surface area contributed by atoms with Crippen molar-refractivity contribution < 1.29 is 50.5 Å². The van der Waals surface area contributed by atoms with Gasteiger partial charge in [-0.05, 0) is 139 Å². The van der Waals surface area contributed by atoms with Gasteiger partial charge in [0.15, 0.2) is 67.8 Å². The summed E-state index contributed by atoms with van der Waals surface area (Å²) in [5.74, 6) is 1.82. The number of rotatable bonds is 24. The molecule has 2 aromatic carbocycles. The minimum atomic E-state index is -2.36. The minimum Gasteiger partial charge on any atom is -0.493 e. The zero-order chi connectivity index (χ0) is 49.0. The van der Waals surface area contributed by atoms with E-state index < -0.39 is 52.7 Å². The molecule has 0 fully saturated rings. The van der Waals surface area contributed by atoms with Gasteiger partial charge in [-0.25, -0.2) is 0 Å². The third kappa shape index (κ3) is 23.3. The molecule has 0 aliphatic carbocycles. The van der Waals surface area contributed by atoms with E-state index in [9.17, 15) is 19.2 Å². The van der Waals surface area contributed by atoms with Crippen molar-refractivity contribution in [2.45, 2.75) is 158 Å². The third-order valence-electron chi connectivity index (χ3n) is 9.34. The average molecular weight is 966 g/mol. The first-order chi connectivity index (χ1) is 28.4. The fourth-order valence-electron chi connectivity index (χ4n) is 6.83. The summed E-state index contributed by atoms with van der Waals surface area (Å²) in [5.41, 5.74) is -0.167. The summed E-state index contributed by atoms with van der Waals surface area (Å²) in [6.45, 7) is 40.7. The maximum atomic E-state index is 12.6. The van der Waals surface area contributed by atoms with E-state index in [4.69, 9.17) is 31.3 Å². The molecule has 0 saturated heterocycles. The number of carbonyl (C=O) groups excluding carboxylic acids is 4. The fourth-order valence-corrected chi connectivity index (χ4v) is 27.8. The molecule has 0 radical (unpaired) electrons. The largest absolute Gasteiger partial charge is 0.493 e. The number of Topliss-reactive ketones (excluding diaryl/α,β-unsaturated/α-hetero) is 4. The Morgan fingerprint density at radius 1 is 0.556 bits per heavy atom. The van der Waals surface area contributed by atoms with E-state index in [1.54, 1.807) is 50.6 Å². The van der Waals surface area contributed by atoms with Gasteiger partial charge in [-0.3, -0.25) is 19.2 Å². The van der Waals surface area contributed by atoms with Crippen molar-refractivity contribution in [2.24, 2.45) is 16.7 Å². The van der Waals surface area contributed by atoms with E-state index in [0.29, 0.717) is 47.3 Å². The molecule has 16 heteroatoms. The second-order valence-electron chi connectivity index (χ2n) is 22.4. The highest BCUT2D eigenvalue weighted by Gasteiger charge is 2.41. The lowest BCUT2D eigenvalue weighted by molar-refractivity contribution is -0.126. The zero-order valence-corrected chi connectivity index (χ0v) is 48.0. The lowest BCUT2D eigenvalue weighted by Crippen LogP contribution is -2.53. The van der Waals surface area contributed by atoms with Crippen LogP contribution in [-0.2, 0) is 21.9 Å². The van der Waals surface area contributed by atoms with Gasteiger partial charge in [-0.1, -0.05) is 48.5 Å². The summed E-state index contributed by atoms with van der Waals surface area (Å²) in [4.78, 5) is 49.4. The standard InChI is InChI=1S/C25H46O6Si3.C22H38O5Si2/c1-19(18-34(12,30-32(6,7)8)31-33(9,10)11)17-29-22-14-13-20(15-23(22)28-5)21(26)16-24(27)25(2,3)4;1-22(2,3)21(24)16-18(23)17-11-12-19(20(15-17)25-4)26-13-10-14-29(8,9)27-28(5,6)7/h13-15,19H,16-18H2,1-12H3;11-12,15H,10,13-14,16H2,1-9H3. The van der Waals surface area contributed by atoms with Crippen molar-refractivity contribution in [2.75, 3.05) is 27.4 Å². The summed E-state index contributed by atoms with van der Waals surface area (Å²) in [7, 11) is -5.99. The van der Waals surface area contributed by atoms with E-state index in [0.717, 1.165) is 18.5 Å². The van der Waals surface area contributed by atoms with Gasteiger partial charge in [-0.2, -0.15) is 0 Å². The normalized spacial score (nSPS) is 13.3. The Morgan fingerprint density at radius 3 is 1.29 bits per heavy atom. The molecule has 0 aliphatic heterocycles. The number of hydrogen-bond acceptors (Lipinski definition) is 11. The maximum Gasteiger partial charge on any atom is 0.314 e. The molecule has 0 saturated carbocycles. The predicted molar refractivity (Wildman–Crippen MR) is 270 cm³/mol. The van der Waals surface area contributed by atoms with E-state index in [1.165, 1.54) is 0 Å². The Bertz CT molecular complexity index is 1810. The van der Waals surface area contributed by atoms with Crippen LogP contribution in [0.5, 0.6) is 23.0 Å². The van der Waals surface area contributed by atoms with Gasteiger partial charge >= 0.3 is 8.56 Å². The Morgan fingerprint density at radius 2 is 0.937 bits per heavy atom. The van der Waals surface area contributed by atoms with E-state index in [1.807, 2.05) is 41.5 Å². The summed E-state index contributed by atoms with van der Waals surface area (Å²) < 4.78 is 42.5. The number of ether oxygens (including phenoxy) is 4. The monoisotopic (exact) mass is 964 g/mol. The molecule has 0 bridgehead atoms. The van der Waals surface area contributed by atoms with Crippen LogP contribution in [0.2, 0.25) is 90.7 Å². The van der Waals surface area contributed by atoms with Crippen molar-refractivity contribution in [1.82, 2.24) is 0 Å². The van der Waals surface area contributed by atoms with Crippen molar-refractivity contribution in [3.8, 4) is 23.0 Å². The molecular weight excluding hydrogens is 881 g/mol. The predicted octanol–water partition coefficient (Wildman–Crippen LogP) is 12.4. The Kier molecular flexibility index (Phi) is 21.9. The second-order valence-corrected chi connectivity index (χ2v) is 44.2. The zero-order valence-electron chi connectivity index (χ0n) is 43.0. The van der Waals surface area contributed by atoms with Crippen LogP contribution in [0.1, 0.15) is 88.4 Å². The smallest absolute Gasteiger partial charge is 0.314 e. The lowest BCUT2D eigenvalue weighted by atomic mass is 9.87. The molecule has 1 atom stereocenters. The summed E-state index contributed by atoms with van der Waals surface area (Å²) >= 11 is 0. The van der Waals surface area contributed by atoms with Gasteiger partial charge in [0.05, 0.1) is 40.3 Å². The van der Waals surface area contributed by atoms with Crippen LogP contribution in [-0.4, -0.2) is 92.4 Å². The van der Waals surface area contributed by atoms with E-state index in [-0.39, 0.29) is 41.9 Å². The molecule has 358 valence electrons. The SMILES string of the molecule is COc1cc(C(=O)CC(=O)C(C)(C)C)ccc1OCC(C)C[Si](C)(O[Si](C)(C)C)O[Si](C)(C)C.COc1cc(C(=O)CC(=O)C(C)(C)C)ccc1OCCC[Si](C)(C)O[Si](C)(C)C. The molecule has 2 aromatic rings. The third-order valence-corrected chi connectivity index (χ3v) is 25.3. The molecule has 0 aromatic heterocycles. The highest BCUT2D eigenvalue weighted by Crippen LogP contribution is 2.33. The number of ketones is 4. The highest BCUT2D eigenvalue weighted by molar-refractivity contribution is 6.87. The van der Waals surface area contributed by atoms with Gasteiger partial charge in [0.2, 0.25) is 0 Å². The number of benzene rings is 2. The number of methoxy groups -OCH3 is 2. The average Bonchev–Trinajstić information content (AvgIpc) is 3.08. The quantitative estimate of drug-likeness (QED) is 0.0431. The van der Waals surface area contributed by atoms with Gasteiger partial charge in [0.1, 0.15) is 11.6 Å². The lowest BCUT2D eigenvalue weighted by Gasteiger charge is -2.39. The van der Waals surface area contributed by atoms with Crippen LogP contribution in [0, 0.1) is 16.7 Å². The first-order valence-corrected chi connectivity index (χ1v) is 38.1. The summed E-state index contributed by atoms with van der Waals surface area (Å²) in [6.07, 6.45) is 0.679. The van der Waals surface area contributed by atoms with Crippen molar-refractivity contribution in [3.63, 3.8) is 0 Å². The van der Waals surface area contributed by atoms with Crippen LogP contribution < -0.4 is 18.9 Å². The molecule has 0 spiro atoms. The highest BCUT2D eigenvalue weighted by atomic mass is 28.5. The van der Waals surface area contributed by atoms with Crippen molar-refractivity contribution >= 4 is 65.0 Å². The van der Waals surface area contributed by atoms with Crippen molar-refractivity contribution in [1.29, 1.82) is 0 Å². The summed E-state index contributed by atoms with van der Waals surface area (Å²) in [5, 5.41) is 0. The number of hydrogen-bond donors (Lipinski definition) is 0.